The summed E-state index contributed by atoms with van der Waals surface area (Å²) in [5, 5.41) is 0. The molecule has 0 saturated heterocycles. The quantitative estimate of drug-likeness (QED) is 0.598. The molecule has 0 aliphatic rings. The van der Waals surface area contributed by atoms with Gasteiger partial charge in [0.25, 0.3) is 0 Å². The number of carbonyl (C=O) groups is 2. The summed E-state index contributed by atoms with van der Waals surface area (Å²) in [4.78, 5) is 23.1. The summed E-state index contributed by atoms with van der Waals surface area (Å²) < 4.78 is 4.74. The summed E-state index contributed by atoms with van der Waals surface area (Å²) in [6.45, 7) is 6.37. The molecule has 76 valence electrons. The van der Waals surface area contributed by atoms with Crippen LogP contribution in [-0.4, -0.2) is 36.5 Å². The molecule has 0 unspecified atom stereocenters. The molecular weight excluding hydrogens is 170 g/mol. The fourth-order valence-corrected chi connectivity index (χ4v) is 0.996. The predicted octanol–water partition coefficient (Wildman–Crippen LogP) is 0.808. The van der Waals surface area contributed by atoms with Crippen molar-refractivity contribution in [2.45, 2.75) is 27.2 Å². The molecule has 0 saturated carbocycles. The number of hydrogen-bond acceptors (Lipinski definition) is 3. The number of nitrogens with zero attached hydrogens (tertiary/aromatic N) is 1. The third kappa shape index (κ3) is 6.13. The highest BCUT2D eigenvalue weighted by Gasteiger charge is 2.06. The summed E-state index contributed by atoms with van der Waals surface area (Å²) in [7, 11) is 0. The van der Waals surface area contributed by atoms with Crippen LogP contribution in [0.25, 0.3) is 0 Å². The highest BCUT2D eigenvalue weighted by atomic mass is 16.5. The van der Waals surface area contributed by atoms with Crippen molar-refractivity contribution in [2.75, 3.05) is 19.7 Å². The van der Waals surface area contributed by atoms with Crippen molar-refractivity contribution in [1.29, 1.82) is 0 Å². The summed E-state index contributed by atoms with van der Waals surface area (Å²) in [5.74, 6) is -0.283. The number of esters is 1. The Morgan fingerprint density at radius 2 is 1.85 bits per heavy atom. The van der Waals surface area contributed by atoms with Crippen LogP contribution >= 0.6 is 0 Å². The average molecular weight is 187 g/mol. The lowest BCUT2D eigenvalue weighted by atomic mass is 10.4. The van der Waals surface area contributed by atoms with Gasteiger partial charge in [0, 0.05) is 20.4 Å². The van der Waals surface area contributed by atoms with Gasteiger partial charge in [0.1, 0.15) is 6.61 Å². The summed E-state index contributed by atoms with van der Waals surface area (Å²) in [6, 6.07) is 0. The van der Waals surface area contributed by atoms with Gasteiger partial charge in [-0.05, 0) is 6.42 Å². The molecule has 4 heteroatoms. The van der Waals surface area contributed by atoms with Crippen LogP contribution in [0.5, 0.6) is 0 Å². The SMILES string of the molecule is CCCN(CCOC(C)=O)C(C)=O. The van der Waals surface area contributed by atoms with E-state index in [0.29, 0.717) is 6.54 Å². The zero-order valence-electron chi connectivity index (χ0n) is 8.50. The van der Waals surface area contributed by atoms with Crippen LogP contribution in [0.4, 0.5) is 0 Å². The average Bonchev–Trinajstić information content (AvgIpc) is 2.02. The fraction of sp³-hybridized carbons (Fsp3) is 0.778. The molecule has 0 aliphatic carbocycles. The molecule has 13 heavy (non-hydrogen) atoms. The van der Waals surface area contributed by atoms with Crippen molar-refractivity contribution >= 4 is 11.9 Å². The Bertz CT molecular complexity index is 180. The minimum absolute atomic E-state index is 0.0222. The number of hydrogen-bond donors (Lipinski definition) is 0. The molecule has 0 aromatic carbocycles. The van der Waals surface area contributed by atoms with Gasteiger partial charge in [0.05, 0.1) is 6.54 Å². The van der Waals surface area contributed by atoms with E-state index in [0.717, 1.165) is 13.0 Å². The molecule has 0 aromatic heterocycles. The predicted molar refractivity (Wildman–Crippen MR) is 49.2 cm³/mol. The zero-order valence-corrected chi connectivity index (χ0v) is 8.50. The van der Waals surface area contributed by atoms with E-state index in [1.54, 1.807) is 4.90 Å². The molecule has 0 heterocycles. The van der Waals surface area contributed by atoms with E-state index in [1.165, 1.54) is 13.8 Å². The number of ether oxygens (including phenoxy) is 1. The van der Waals surface area contributed by atoms with E-state index < -0.39 is 0 Å². The van der Waals surface area contributed by atoms with Gasteiger partial charge >= 0.3 is 5.97 Å². The third-order valence-electron chi connectivity index (χ3n) is 1.61. The standard InChI is InChI=1S/C9H17NO3/c1-4-5-10(8(2)11)6-7-13-9(3)12/h4-7H2,1-3H3. The van der Waals surface area contributed by atoms with Crippen LogP contribution < -0.4 is 0 Å². The Kier molecular flexibility index (Phi) is 5.93. The first-order valence-electron chi connectivity index (χ1n) is 4.46. The lowest BCUT2D eigenvalue weighted by molar-refractivity contribution is -0.143. The number of rotatable bonds is 5. The van der Waals surface area contributed by atoms with Gasteiger partial charge in [0.2, 0.25) is 5.91 Å². The van der Waals surface area contributed by atoms with Crippen molar-refractivity contribution in [2.24, 2.45) is 0 Å². The van der Waals surface area contributed by atoms with E-state index in [-0.39, 0.29) is 18.5 Å². The Labute approximate surface area is 78.9 Å². The molecule has 0 rings (SSSR count). The van der Waals surface area contributed by atoms with Crippen LogP contribution in [0.2, 0.25) is 0 Å². The van der Waals surface area contributed by atoms with Crippen molar-refractivity contribution in [1.82, 2.24) is 4.90 Å². The van der Waals surface area contributed by atoms with E-state index in [9.17, 15) is 9.59 Å². The van der Waals surface area contributed by atoms with Crippen molar-refractivity contribution in [3.8, 4) is 0 Å². The molecule has 0 N–H and O–H groups in total. The van der Waals surface area contributed by atoms with Crippen LogP contribution in [0, 0.1) is 0 Å². The molecule has 0 radical (unpaired) electrons. The Balaban J connectivity index is 3.69. The molecule has 0 aliphatic heterocycles. The lowest BCUT2D eigenvalue weighted by Gasteiger charge is -2.19. The van der Waals surface area contributed by atoms with Crippen LogP contribution in [0.1, 0.15) is 27.2 Å². The van der Waals surface area contributed by atoms with Gasteiger partial charge in [-0.15, -0.1) is 0 Å². The molecule has 0 atom stereocenters. The molecule has 4 nitrogen and oxygen atoms in total. The van der Waals surface area contributed by atoms with Crippen LogP contribution in [0.3, 0.4) is 0 Å². The maximum Gasteiger partial charge on any atom is 0.302 e. The minimum atomic E-state index is -0.306. The largest absolute Gasteiger partial charge is 0.464 e. The smallest absolute Gasteiger partial charge is 0.302 e. The van der Waals surface area contributed by atoms with Gasteiger partial charge in [-0.25, -0.2) is 0 Å². The third-order valence-corrected chi connectivity index (χ3v) is 1.61. The van der Waals surface area contributed by atoms with Crippen molar-refractivity contribution < 1.29 is 14.3 Å². The second-order valence-corrected chi connectivity index (χ2v) is 2.85. The molecular formula is C9H17NO3. The Morgan fingerprint density at radius 1 is 1.23 bits per heavy atom. The lowest BCUT2D eigenvalue weighted by Crippen LogP contribution is -2.33. The van der Waals surface area contributed by atoms with E-state index in [2.05, 4.69) is 0 Å². The van der Waals surface area contributed by atoms with E-state index in [4.69, 9.17) is 4.74 Å². The maximum atomic E-state index is 11.0. The summed E-state index contributed by atoms with van der Waals surface area (Å²) in [5.41, 5.74) is 0. The first-order valence-corrected chi connectivity index (χ1v) is 4.46. The van der Waals surface area contributed by atoms with Crippen molar-refractivity contribution in [3.05, 3.63) is 0 Å². The normalized spacial score (nSPS) is 9.46. The molecule has 0 bridgehead atoms. The highest BCUT2D eigenvalue weighted by molar-refractivity contribution is 5.73. The topological polar surface area (TPSA) is 46.6 Å². The summed E-state index contributed by atoms with van der Waals surface area (Å²) in [6.07, 6.45) is 0.916. The molecule has 1 amide bonds. The second-order valence-electron chi connectivity index (χ2n) is 2.85. The Hall–Kier alpha value is -1.06. The van der Waals surface area contributed by atoms with Gasteiger partial charge in [-0.2, -0.15) is 0 Å². The van der Waals surface area contributed by atoms with Crippen LogP contribution in [-0.2, 0) is 14.3 Å². The first-order chi connectivity index (χ1) is 6.07. The molecule has 0 spiro atoms. The monoisotopic (exact) mass is 187 g/mol. The van der Waals surface area contributed by atoms with Gasteiger partial charge in [-0.3, -0.25) is 9.59 Å². The van der Waals surface area contributed by atoms with E-state index in [1.807, 2.05) is 6.92 Å². The summed E-state index contributed by atoms with van der Waals surface area (Å²) >= 11 is 0. The second kappa shape index (κ2) is 6.46. The Morgan fingerprint density at radius 3 is 2.23 bits per heavy atom. The molecule has 0 aromatic rings. The number of amides is 1. The van der Waals surface area contributed by atoms with Gasteiger partial charge in [0.15, 0.2) is 0 Å². The first kappa shape index (κ1) is 11.9. The van der Waals surface area contributed by atoms with Crippen molar-refractivity contribution in [3.63, 3.8) is 0 Å². The zero-order chi connectivity index (χ0) is 10.3. The molecule has 0 fully saturated rings. The highest BCUT2D eigenvalue weighted by Crippen LogP contribution is 1.92. The minimum Gasteiger partial charge on any atom is -0.464 e. The van der Waals surface area contributed by atoms with Gasteiger partial charge in [-0.1, -0.05) is 6.92 Å². The van der Waals surface area contributed by atoms with Gasteiger partial charge < -0.3 is 9.64 Å². The van der Waals surface area contributed by atoms with Crippen LogP contribution in [0.15, 0.2) is 0 Å². The maximum absolute atomic E-state index is 11.0. The van der Waals surface area contributed by atoms with E-state index >= 15 is 0 Å². The number of carbonyl (C=O) groups excluding carboxylic acids is 2. The fourth-order valence-electron chi connectivity index (χ4n) is 0.996.